The van der Waals surface area contributed by atoms with Crippen LogP contribution in [0.2, 0.25) is 0 Å². The summed E-state index contributed by atoms with van der Waals surface area (Å²) in [5.74, 6) is 0.993. The molecule has 3 fully saturated rings. The highest BCUT2D eigenvalue weighted by Crippen LogP contribution is 2.36. The number of nitrogens with two attached hydrogens (primary N) is 1. The highest BCUT2D eigenvalue weighted by Gasteiger charge is 2.40. The normalized spacial score (nSPS) is 19.3. The number of likely N-dealkylation sites (tertiary alicyclic amines) is 1. The quantitative estimate of drug-likeness (QED) is 0.143. The number of piperidine rings is 2. The molecule has 0 aliphatic carbocycles. The number of nitrogens with zero attached hydrogens (tertiary/aromatic N) is 8. The number of ether oxygens (including phenoxy) is 1. The number of amides is 5. The van der Waals surface area contributed by atoms with Crippen LogP contribution in [0.15, 0.2) is 79.1 Å². The van der Waals surface area contributed by atoms with Crippen LogP contribution in [0.5, 0.6) is 11.5 Å². The number of rotatable bonds is 13. The molecule has 63 heavy (non-hydrogen) atoms. The Bertz CT molecular complexity index is 2520. The lowest BCUT2D eigenvalue weighted by Gasteiger charge is -2.35. The molecule has 9 rings (SSSR count). The number of hydrogen-bond donors (Lipinski definition) is 3. The number of fused-ring (bicyclic) bond motifs is 2. The van der Waals surface area contributed by atoms with Crippen molar-refractivity contribution in [1.29, 1.82) is 0 Å². The van der Waals surface area contributed by atoms with E-state index in [-0.39, 0.29) is 42.6 Å². The van der Waals surface area contributed by atoms with Crippen molar-refractivity contribution in [2.45, 2.75) is 63.6 Å². The molecule has 0 spiro atoms. The van der Waals surface area contributed by atoms with Gasteiger partial charge in [-0.25, -0.2) is 14.6 Å². The van der Waals surface area contributed by atoms with E-state index in [2.05, 4.69) is 25.5 Å². The standard InChI is InChI=1S/C46H51N11O6/c47-43-41-42(30-13-15-33(16-14-30)63-32-8-2-1-3-9-32)52-57(44(41)50-29-49-43)31-7-5-22-55(27-31)39(59)12-6-21-53-23-25-54(26-24-53)40(60)19-20-48-36-11-4-10-34-35(36)28-56(46(34)62)37-17-18-38(58)51-45(37)61/h1-4,8-11,13-16,29,31,37,48H,5-7,12,17-28H2,(H2,47,49,50)(H,51,58,61). The molecule has 0 bridgehead atoms. The minimum absolute atomic E-state index is 0.0587. The largest absolute Gasteiger partial charge is 0.457 e. The van der Waals surface area contributed by atoms with Gasteiger partial charge in [0.25, 0.3) is 5.91 Å². The SMILES string of the molecule is Nc1ncnc2c1c(-c1ccc(Oc3ccccc3)cc1)nn2C1CCCN(C(=O)CCCN2CCN(C(=O)CCNc3cccc4c3CN(C3CCC(=O)NC3=O)C4=O)CC2)C1. The molecule has 5 amide bonds. The fourth-order valence-corrected chi connectivity index (χ4v) is 9.18. The van der Waals surface area contributed by atoms with Crippen LogP contribution >= 0.6 is 0 Å². The van der Waals surface area contributed by atoms with Gasteiger partial charge in [0.1, 0.15) is 35.4 Å². The van der Waals surface area contributed by atoms with Crippen molar-refractivity contribution in [2.24, 2.45) is 0 Å². The lowest BCUT2D eigenvalue weighted by molar-refractivity contribution is -0.137. The van der Waals surface area contributed by atoms with Crippen LogP contribution in [0, 0.1) is 0 Å². The van der Waals surface area contributed by atoms with Crippen LogP contribution < -0.4 is 21.1 Å². The summed E-state index contributed by atoms with van der Waals surface area (Å²) in [5.41, 5.74) is 10.7. The highest BCUT2D eigenvalue weighted by atomic mass is 16.5. The van der Waals surface area contributed by atoms with Crippen LogP contribution in [0.25, 0.3) is 22.3 Å². The van der Waals surface area contributed by atoms with Gasteiger partial charge in [0.05, 0.1) is 11.4 Å². The van der Waals surface area contributed by atoms with E-state index in [4.69, 9.17) is 15.6 Å². The van der Waals surface area contributed by atoms with Crippen LogP contribution in [0.1, 0.15) is 66.9 Å². The Labute approximate surface area is 364 Å². The average molecular weight is 854 g/mol. The molecule has 4 aliphatic rings. The first-order valence-electron chi connectivity index (χ1n) is 21.8. The molecule has 2 atom stereocenters. The number of carbonyl (C=O) groups excluding carboxylic acids is 5. The molecule has 0 saturated carbocycles. The molecule has 6 heterocycles. The summed E-state index contributed by atoms with van der Waals surface area (Å²) in [6, 6.07) is 22.0. The number of hydrogen-bond acceptors (Lipinski definition) is 12. The number of imide groups is 1. The number of aromatic nitrogens is 4. The van der Waals surface area contributed by atoms with E-state index in [9.17, 15) is 24.0 Å². The van der Waals surface area contributed by atoms with E-state index in [1.807, 2.05) is 75.1 Å². The van der Waals surface area contributed by atoms with Gasteiger partial charge >= 0.3 is 0 Å². The van der Waals surface area contributed by atoms with Crippen molar-refractivity contribution in [3.63, 3.8) is 0 Å². The van der Waals surface area contributed by atoms with E-state index < -0.39 is 11.9 Å². The molecule has 0 radical (unpaired) electrons. The predicted octanol–water partition coefficient (Wildman–Crippen LogP) is 4.22. The molecule has 2 unspecified atom stereocenters. The van der Waals surface area contributed by atoms with Crippen LogP contribution in [-0.2, 0) is 25.7 Å². The Balaban J connectivity index is 0.727. The Hall–Kier alpha value is -6.88. The van der Waals surface area contributed by atoms with Crippen molar-refractivity contribution < 1.29 is 28.7 Å². The van der Waals surface area contributed by atoms with Gasteiger partial charge in [0.2, 0.25) is 23.6 Å². The number of piperazine rings is 1. The van der Waals surface area contributed by atoms with Gasteiger partial charge in [-0.15, -0.1) is 0 Å². The molecule has 326 valence electrons. The minimum Gasteiger partial charge on any atom is -0.457 e. The lowest BCUT2D eigenvalue weighted by Crippen LogP contribution is -2.52. The molecule has 3 aromatic carbocycles. The second-order valence-corrected chi connectivity index (χ2v) is 16.6. The predicted molar refractivity (Wildman–Crippen MR) is 234 cm³/mol. The molecule has 17 heteroatoms. The van der Waals surface area contributed by atoms with Crippen molar-refractivity contribution >= 4 is 52.1 Å². The summed E-state index contributed by atoms with van der Waals surface area (Å²) in [7, 11) is 0. The van der Waals surface area contributed by atoms with Crippen molar-refractivity contribution in [3.05, 3.63) is 90.3 Å². The topological polar surface area (TPSA) is 201 Å². The summed E-state index contributed by atoms with van der Waals surface area (Å²) in [5, 5.41) is 11.4. The first-order chi connectivity index (χ1) is 30.7. The molecular weight excluding hydrogens is 803 g/mol. The summed E-state index contributed by atoms with van der Waals surface area (Å²) in [6.45, 7) is 5.40. The fraction of sp³-hybridized carbons (Fsp3) is 0.391. The molecule has 4 N–H and O–H groups in total. The summed E-state index contributed by atoms with van der Waals surface area (Å²) in [6.07, 6.45) is 5.13. The van der Waals surface area contributed by atoms with E-state index in [0.29, 0.717) is 85.8 Å². The van der Waals surface area contributed by atoms with Gasteiger partial charge in [0, 0.05) is 94.0 Å². The number of carbonyl (C=O) groups is 5. The number of para-hydroxylation sites is 1. The third kappa shape index (κ3) is 8.91. The van der Waals surface area contributed by atoms with E-state index in [1.165, 1.54) is 11.2 Å². The lowest BCUT2D eigenvalue weighted by atomic mass is 10.0. The van der Waals surface area contributed by atoms with Crippen molar-refractivity contribution in [3.8, 4) is 22.8 Å². The molecule has 17 nitrogen and oxygen atoms in total. The third-order valence-electron chi connectivity index (χ3n) is 12.5. The average Bonchev–Trinajstić information content (AvgIpc) is 3.86. The van der Waals surface area contributed by atoms with Crippen LogP contribution in [0.4, 0.5) is 11.5 Å². The molecule has 2 aromatic heterocycles. The zero-order valence-electron chi connectivity index (χ0n) is 35.1. The fourth-order valence-electron chi connectivity index (χ4n) is 9.18. The molecule has 4 aliphatic heterocycles. The second-order valence-electron chi connectivity index (χ2n) is 16.6. The van der Waals surface area contributed by atoms with Gasteiger partial charge in [-0.3, -0.25) is 34.2 Å². The van der Waals surface area contributed by atoms with Gasteiger partial charge in [-0.1, -0.05) is 24.3 Å². The van der Waals surface area contributed by atoms with E-state index in [0.717, 1.165) is 61.5 Å². The van der Waals surface area contributed by atoms with Crippen LogP contribution in [0.3, 0.4) is 0 Å². The maximum Gasteiger partial charge on any atom is 0.255 e. The second kappa shape index (κ2) is 18.2. The smallest absolute Gasteiger partial charge is 0.255 e. The highest BCUT2D eigenvalue weighted by molar-refractivity contribution is 6.06. The van der Waals surface area contributed by atoms with Crippen molar-refractivity contribution in [2.75, 3.05) is 63.4 Å². The maximum absolute atomic E-state index is 13.6. The molecule has 3 saturated heterocycles. The Morgan fingerprint density at radius 1 is 0.841 bits per heavy atom. The molecule has 5 aromatic rings. The maximum atomic E-state index is 13.6. The minimum atomic E-state index is -0.682. The third-order valence-corrected chi connectivity index (χ3v) is 12.5. The first kappa shape index (κ1) is 41.5. The van der Waals surface area contributed by atoms with Gasteiger partial charge < -0.3 is 30.5 Å². The zero-order valence-corrected chi connectivity index (χ0v) is 35.1. The number of anilines is 2. The summed E-state index contributed by atoms with van der Waals surface area (Å²) < 4.78 is 7.91. The van der Waals surface area contributed by atoms with Gasteiger partial charge in [0.15, 0.2) is 5.65 Å². The molecular formula is C46H51N11O6. The Kier molecular flexibility index (Phi) is 12.0. The number of benzene rings is 3. The summed E-state index contributed by atoms with van der Waals surface area (Å²) >= 11 is 0. The zero-order chi connectivity index (χ0) is 43.5. The van der Waals surface area contributed by atoms with E-state index >= 15 is 0 Å². The van der Waals surface area contributed by atoms with Crippen molar-refractivity contribution in [1.82, 2.24) is 44.7 Å². The Morgan fingerprint density at radius 3 is 2.41 bits per heavy atom. The monoisotopic (exact) mass is 853 g/mol. The Morgan fingerprint density at radius 2 is 1.62 bits per heavy atom. The summed E-state index contributed by atoms with van der Waals surface area (Å²) in [4.78, 5) is 80.6. The number of nitrogens with one attached hydrogen (secondary N) is 2. The van der Waals surface area contributed by atoms with Gasteiger partial charge in [-0.05, 0) is 80.8 Å². The number of nitrogen functional groups attached to an aromatic ring is 1. The van der Waals surface area contributed by atoms with E-state index in [1.54, 1.807) is 12.1 Å². The van der Waals surface area contributed by atoms with Gasteiger partial charge in [-0.2, -0.15) is 5.10 Å². The first-order valence-corrected chi connectivity index (χ1v) is 21.8. The van der Waals surface area contributed by atoms with Crippen LogP contribution in [-0.4, -0.2) is 127 Å².